The molecule has 2 rings (SSSR count). The SMILES string of the molecule is Cc1ccc(Cl)cc1NC(=O)C(=O)NCC(C)(O)c1ccccc1. The molecule has 1 atom stereocenters. The molecule has 0 bridgehead atoms. The minimum atomic E-state index is -1.27. The van der Waals surface area contributed by atoms with Gasteiger partial charge in [-0.25, -0.2) is 0 Å². The lowest BCUT2D eigenvalue weighted by molar-refractivity contribution is -0.136. The predicted octanol–water partition coefficient (Wildman–Crippen LogP) is 2.61. The van der Waals surface area contributed by atoms with E-state index in [0.29, 0.717) is 16.3 Å². The lowest BCUT2D eigenvalue weighted by Gasteiger charge is -2.24. The fraction of sp³-hybridized carbons (Fsp3) is 0.222. The summed E-state index contributed by atoms with van der Waals surface area (Å²) in [5.74, 6) is -1.64. The maximum atomic E-state index is 12.0. The van der Waals surface area contributed by atoms with Gasteiger partial charge in [-0.2, -0.15) is 0 Å². The fourth-order valence-corrected chi connectivity index (χ4v) is 2.31. The average molecular weight is 347 g/mol. The van der Waals surface area contributed by atoms with Gasteiger partial charge in [0.15, 0.2) is 0 Å². The van der Waals surface area contributed by atoms with Crippen molar-refractivity contribution < 1.29 is 14.7 Å². The number of amides is 2. The fourth-order valence-electron chi connectivity index (χ4n) is 2.14. The van der Waals surface area contributed by atoms with Gasteiger partial charge in [-0.1, -0.05) is 48.0 Å². The number of halogens is 1. The molecule has 24 heavy (non-hydrogen) atoms. The molecule has 2 aromatic carbocycles. The summed E-state index contributed by atoms with van der Waals surface area (Å²) in [5, 5.41) is 15.8. The monoisotopic (exact) mass is 346 g/mol. The minimum Gasteiger partial charge on any atom is -0.384 e. The number of carbonyl (C=O) groups is 2. The highest BCUT2D eigenvalue weighted by Crippen LogP contribution is 2.20. The quantitative estimate of drug-likeness (QED) is 0.745. The summed E-state index contributed by atoms with van der Waals surface area (Å²) in [7, 11) is 0. The van der Waals surface area contributed by atoms with Gasteiger partial charge in [0.2, 0.25) is 0 Å². The molecular weight excluding hydrogens is 328 g/mol. The number of nitrogens with one attached hydrogen (secondary N) is 2. The third-order valence-electron chi connectivity index (χ3n) is 3.64. The van der Waals surface area contributed by atoms with Crippen LogP contribution in [0.25, 0.3) is 0 Å². The Morgan fingerprint density at radius 3 is 2.46 bits per heavy atom. The smallest absolute Gasteiger partial charge is 0.313 e. The van der Waals surface area contributed by atoms with Crippen molar-refractivity contribution in [3.8, 4) is 0 Å². The van der Waals surface area contributed by atoms with Crippen molar-refractivity contribution >= 4 is 29.1 Å². The molecular formula is C18H19ClN2O3. The molecule has 0 saturated heterocycles. The van der Waals surface area contributed by atoms with E-state index in [0.717, 1.165) is 5.56 Å². The van der Waals surface area contributed by atoms with E-state index in [2.05, 4.69) is 10.6 Å². The molecule has 0 aliphatic rings. The molecule has 126 valence electrons. The van der Waals surface area contributed by atoms with Crippen LogP contribution in [0, 0.1) is 6.92 Å². The Balaban J connectivity index is 1.97. The van der Waals surface area contributed by atoms with Gasteiger partial charge in [-0.05, 0) is 37.1 Å². The van der Waals surface area contributed by atoms with Gasteiger partial charge in [0.05, 0.1) is 6.54 Å². The second kappa shape index (κ2) is 7.47. The van der Waals surface area contributed by atoms with Gasteiger partial charge < -0.3 is 15.7 Å². The second-order valence-corrected chi connectivity index (χ2v) is 6.17. The normalized spacial score (nSPS) is 13.0. The molecule has 2 aromatic rings. The highest BCUT2D eigenvalue weighted by atomic mass is 35.5. The Hall–Kier alpha value is -2.37. The van der Waals surface area contributed by atoms with E-state index in [1.165, 1.54) is 0 Å². The molecule has 0 heterocycles. The number of hydrogen-bond acceptors (Lipinski definition) is 3. The first-order valence-electron chi connectivity index (χ1n) is 7.43. The zero-order valence-corrected chi connectivity index (χ0v) is 14.2. The summed E-state index contributed by atoms with van der Waals surface area (Å²) in [5.41, 5.74) is 0.633. The molecule has 5 nitrogen and oxygen atoms in total. The summed E-state index contributed by atoms with van der Waals surface area (Å²) < 4.78 is 0. The summed E-state index contributed by atoms with van der Waals surface area (Å²) in [6.07, 6.45) is 0. The first kappa shape index (κ1) is 18.0. The standard InChI is InChI=1S/C18H19ClN2O3/c1-12-8-9-14(19)10-15(12)21-17(23)16(22)20-11-18(2,24)13-6-4-3-5-7-13/h3-10,24H,11H2,1-2H3,(H,20,22)(H,21,23). The maximum absolute atomic E-state index is 12.0. The molecule has 0 radical (unpaired) electrons. The van der Waals surface area contributed by atoms with Crippen LogP contribution in [0.3, 0.4) is 0 Å². The number of anilines is 1. The lowest BCUT2D eigenvalue weighted by Crippen LogP contribution is -2.43. The van der Waals surface area contributed by atoms with E-state index in [1.54, 1.807) is 56.3 Å². The van der Waals surface area contributed by atoms with Gasteiger partial charge in [0.1, 0.15) is 5.60 Å². The molecule has 3 N–H and O–H groups in total. The van der Waals surface area contributed by atoms with Gasteiger partial charge >= 0.3 is 11.8 Å². The molecule has 0 aromatic heterocycles. The first-order valence-corrected chi connectivity index (χ1v) is 7.80. The Morgan fingerprint density at radius 1 is 1.12 bits per heavy atom. The number of rotatable bonds is 4. The van der Waals surface area contributed by atoms with Gasteiger partial charge in [-0.3, -0.25) is 9.59 Å². The van der Waals surface area contributed by atoms with Crippen LogP contribution in [0.2, 0.25) is 5.02 Å². The number of hydrogen-bond donors (Lipinski definition) is 3. The molecule has 0 saturated carbocycles. The molecule has 1 unspecified atom stereocenters. The third kappa shape index (κ3) is 4.57. The second-order valence-electron chi connectivity index (χ2n) is 5.74. The van der Waals surface area contributed by atoms with Crippen LogP contribution in [0.15, 0.2) is 48.5 Å². The van der Waals surface area contributed by atoms with Crippen LogP contribution >= 0.6 is 11.6 Å². The average Bonchev–Trinajstić information content (AvgIpc) is 2.56. The van der Waals surface area contributed by atoms with Crippen LogP contribution in [0.1, 0.15) is 18.1 Å². The highest BCUT2D eigenvalue weighted by molar-refractivity contribution is 6.40. The van der Waals surface area contributed by atoms with Crippen molar-refractivity contribution in [1.82, 2.24) is 5.32 Å². The van der Waals surface area contributed by atoms with E-state index < -0.39 is 17.4 Å². The van der Waals surface area contributed by atoms with Crippen molar-refractivity contribution in [3.63, 3.8) is 0 Å². The molecule has 0 spiro atoms. The molecule has 0 aliphatic carbocycles. The van der Waals surface area contributed by atoms with Gasteiger partial charge in [-0.15, -0.1) is 0 Å². The van der Waals surface area contributed by atoms with Crippen molar-refractivity contribution in [2.75, 3.05) is 11.9 Å². The van der Waals surface area contributed by atoms with Crippen LogP contribution < -0.4 is 10.6 Å². The van der Waals surface area contributed by atoms with Crippen molar-refractivity contribution in [3.05, 3.63) is 64.7 Å². The largest absolute Gasteiger partial charge is 0.384 e. The van der Waals surface area contributed by atoms with Crippen LogP contribution in [-0.4, -0.2) is 23.5 Å². The molecule has 0 aliphatic heterocycles. The zero-order valence-electron chi connectivity index (χ0n) is 13.5. The zero-order chi connectivity index (χ0) is 17.7. The Labute approximate surface area is 145 Å². The Morgan fingerprint density at radius 2 is 1.79 bits per heavy atom. The van der Waals surface area contributed by atoms with E-state index in [1.807, 2.05) is 6.07 Å². The molecule has 6 heteroatoms. The van der Waals surface area contributed by atoms with Crippen LogP contribution in [0.4, 0.5) is 5.69 Å². The molecule has 0 fully saturated rings. The third-order valence-corrected chi connectivity index (χ3v) is 3.88. The van der Waals surface area contributed by atoms with E-state index in [4.69, 9.17) is 11.6 Å². The first-order chi connectivity index (χ1) is 11.3. The lowest BCUT2D eigenvalue weighted by atomic mass is 9.96. The van der Waals surface area contributed by atoms with Crippen molar-refractivity contribution in [2.24, 2.45) is 0 Å². The maximum Gasteiger partial charge on any atom is 0.313 e. The van der Waals surface area contributed by atoms with Crippen LogP contribution in [-0.2, 0) is 15.2 Å². The summed E-state index contributed by atoms with van der Waals surface area (Å²) >= 11 is 5.88. The van der Waals surface area contributed by atoms with E-state index >= 15 is 0 Å². The topological polar surface area (TPSA) is 78.4 Å². The summed E-state index contributed by atoms with van der Waals surface area (Å²) in [6.45, 7) is 3.28. The summed E-state index contributed by atoms with van der Waals surface area (Å²) in [4.78, 5) is 23.9. The van der Waals surface area contributed by atoms with Gasteiger partial charge in [0.25, 0.3) is 0 Å². The Bertz CT molecular complexity index is 745. The Kier molecular flexibility index (Phi) is 5.59. The van der Waals surface area contributed by atoms with Gasteiger partial charge in [0, 0.05) is 10.7 Å². The highest BCUT2D eigenvalue weighted by Gasteiger charge is 2.25. The number of aliphatic hydroxyl groups is 1. The number of carbonyl (C=O) groups excluding carboxylic acids is 2. The minimum absolute atomic E-state index is 0.0855. The van der Waals surface area contributed by atoms with E-state index in [9.17, 15) is 14.7 Å². The van der Waals surface area contributed by atoms with Crippen molar-refractivity contribution in [2.45, 2.75) is 19.4 Å². The van der Waals surface area contributed by atoms with E-state index in [-0.39, 0.29) is 6.54 Å². The number of aryl methyl sites for hydroxylation is 1. The van der Waals surface area contributed by atoms with Crippen LogP contribution in [0.5, 0.6) is 0 Å². The van der Waals surface area contributed by atoms with Crippen molar-refractivity contribution in [1.29, 1.82) is 0 Å². The summed E-state index contributed by atoms with van der Waals surface area (Å²) in [6, 6.07) is 13.9. The molecule has 2 amide bonds. The predicted molar refractivity (Wildman–Crippen MR) is 93.8 cm³/mol. The number of benzene rings is 2.